The first-order chi connectivity index (χ1) is 16.7. The normalized spacial score (nSPS) is 10.7. The Hall–Kier alpha value is -3.82. The van der Waals surface area contributed by atoms with Crippen LogP contribution in [0.3, 0.4) is 0 Å². The van der Waals surface area contributed by atoms with Gasteiger partial charge < -0.3 is 15.5 Å². The zero-order chi connectivity index (χ0) is 25.5. The van der Waals surface area contributed by atoms with Crippen molar-refractivity contribution in [3.8, 4) is 0 Å². The molecule has 0 radical (unpaired) electrons. The molecule has 10 heteroatoms. The number of amides is 3. The predicted octanol–water partition coefficient (Wildman–Crippen LogP) is 4.29. The molecular weight excluding hydrogens is 473 g/mol. The highest BCUT2D eigenvalue weighted by molar-refractivity contribution is 6.30. The number of pyridine rings is 1. The van der Waals surface area contributed by atoms with E-state index in [1.165, 1.54) is 23.2 Å². The third kappa shape index (κ3) is 6.84. The fraction of sp³-hybridized carbons (Fsp3) is 0.200. The van der Waals surface area contributed by atoms with Crippen molar-refractivity contribution in [2.24, 2.45) is 0 Å². The first kappa shape index (κ1) is 25.8. The Kier molecular flexibility index (Phi) is 8.51. The lowest BCUT2D eigenvalue weighted by Crippen LogP contribution is -2.36. The zero-order valence-electron chi connectivity index (χ0n) is 19.5. The van der Waals surface area contributed by atoms with Crippen LogP contribution in [0.2, 0.25) is 5.02 Å². The van der Waals surface area contributed by atoms with E-state index in [9.17, 15) is 18.8 Å². The van der Waals surface area contributed by atoms with Gasteiger partial charge in [-0.05, 0) is 68.2 Å². The molecule has 3 rings (SSSR count). The highest BCUT2D eigenvalue weighted by Gasteiger charge is 2.17. The van der Waals surface area contributed by atoms with Crippen LogP contribution in [0, 0.1) is 5.82 Å². The lowest BCUT2D eigenvalue weighted by atomic mass is 10.1. The molecule has 8 nitrogen and oxygen atoms in total. The third-order valence-corrected chi connectivity index (χ3v) is 5.50. The Labute approximate surface area is 207 Å². The molecule has 0 aliphatic carbocycles. The molecule has 182 valence electrons. The molecule has 0 saturated heterocycles. The van der Waals surface area contributed by atoms with E-state index in [0.717, 1.165) is 18.7 Å². The Morgan fingerprint density at radius 3 is 2.31 bits per heavy atom. The maximum absolute atomic E-state index is 13.9. The van der Waals surface area contributed by atoms with Gasteiger partial charge in [0, 0.05) is 24.5 Å². The number of hydrogen-bond acceptors (Lipinski definition) is 5. The summed E-state index contributed by atoms with van der Waals surface area (Å²) in [6.45, 7) is 2.99. The molecule has 0 fully saturated rings. The van der Waals surface area contributed by atoms with Crippen molar-refractivity contribution >= 4 is 46.5 Å². The summed E-state index contributed by atoms with van der Waals surface area (Å²) >= 11 is 5.80. The quantitative estimate of drug-likeness (QED) is 0.484. The van der Waals surface area contributed by atoms with Crippen molar-refractivity contribution < 1.29 is 18.8 Å². The summed E-state index contributed by atoms with van der Waals surface area (Å²) < 4.78 is 13.9. The SMILES string of the molecule is CCN(C)CC(=O)N(C)c1ccc(C(=O)Nc2ccc(F)cc2C(=O)Nc2ccc(Cl)cn2)cc1. The van der Waals surface area contributed by atoms with Crippen LogP contribution in [0.4, 0.5) is 21.6 Å². The molecule has 1 heterocycles. The van der Waals surface area contributed by atoms with Gasteiger partial charge in [-0.3, -0.25) is 19.3 Å². The number of benzene rings is 2. The second-order valence-electron chi connectivity index (χ2n) is 7.79. The van der Waals surface area contributed by atoms with Crippen LogP contribution in [0.5, 0.6) is 0 Å². The van der Waals surface area contributed by atoms with Crippen LogP contribution in [0.25, 0.3) is 0 Å². The smallest absolute Gasteiger partial charge is 0.259 e. The minimum Gasteiger partial charge on any atom is -0.321 e. The Morgan fingerprint density at radius 1 is 0.971 bits per heavy atom. The minimum absolute atomic E-state index is 0.0721. The Morgan fingerprint density at radius 2 is 1.69 bits per heavy atom. The molecule has 0 spiro atoms. The molecule has 3 amide bonds. The molecule has 2 N–H and O–H groups in total. The number of carbonyl (C=O) groups is 3. The molecule has 0 saturated carbocycles. The van der Waals surface area contributed by atoms with E-state index >= 15 is 0 Å². The van der Waals surface area contributed by atoms with E-state index in [-0.39, 0.29) is 29.5 Å². The van der Waals surface area contributed by atoms with Gasteiger partial charge in [-0.2, -0.15) is 0 Å². The minimum atomic E-state index is -0.651. The first-order valence-corrected chi connectivity index (χ1v) is 11.1. The first-order valence-electron chi connectivity index (χ1n) is 10.8. The molecule has 0 bridgehead atoms. The van der Waals surface area contributed by atoms with E-state index in [1.807, 2.05) is 18.9 Å². The van der Waals surface area contributed by atoms with Crippen molar-refractivity contribution in [2.45, 2.75) is 6.92 Å². The molecular formula is C25H25ClFN5O3. The molecule has 0 aliphatic rings. The summed E-state index contributed by atoms with van der Waals surface area (Å²) in [4.78, 5) is 45.3. The van der Waals surface area contributed by atoms with Crippen LogP contribution < -0.4 is 15.5 Å². The molecule has 0 atom stereocenters. The van der Waals surface area contributed by atoms with Crippen LogP contribution in [-0.2, 0) is 4.79 Å². The fourth-order valence-corrected chi connectivity index (χ4v) is 3.18. The van der Waals surface area contributed by atoms with Gasteiger partial charge in [0.05, 0.1) is 22.8 Å². The van der Waals surface area contributed by atoms with Crippen LogP contribution >= 0.6 is 11.6 Å². The lowest BCUT2D eigenvalue weighted by Gasteiger charge is -2.21. The fourth-order valence-electron chi connectivity index (χ4n) is 3.07. The van der Waals surface area contributed by atoms with Crippen LogP contribution in [0.1, 0.15) is 27.6 Å². The summed E-state index contributed by atoms with van der Waals surface area (Å²) in [7, 11) is 3.52. The maximum Gasteiger partial charge on any atom is 0.259 e. The van der Waals surface area contributed by atoms with Gasteiger partial charge >= 0.3 is 0 Å². The second-order valence-corrected chi connectivity index (χ2v) is 8.23. The largest absolute Gasteiger partial charge is 0.321 e. The second kappa shape index (κ2) is 11.5. The number of rotatable bonds is 8. The van der Waals surface area contributed by atoms with Crippen molar-refractivity contribution in [2.75, 3.05) is 42.7 Å². The summed E-state index contributed by atoms with van der Waals surface area (Å²) in [6, 6.07) is 13.0. The van der Waals surface area contributed by atoms with Gasteiger partial charge in [-0.1, -0.05) is 18.5 Å². The average Bonchev–Trinajstić information content (AvgIpc) is 2.85. The summed E-state index contributed by atoms with van der Waals surface area (Å²) in [6.07, 6.45) is 1.36. The van der Waals surface area contributed by atoms with Gasteiger partial charge in [0.15, 0.2) is 0 Å². The van der Waals surface area contributed by atoms with E-state index in [1.54, 1.807) is 37.4 Å². The summed E-state index contributed by atoms with van der Waals surface area (Å²) in [5.74, 6) is -1.64. The third-order valence-electron chi connectivity index (χ3n) is 5.28. The van der Waals surface area contributed by atoms with Crippen molar-refractivity contribution in [3.63, 3.8) is 0 Å². The van der Waals surface area contributed by atoms with Crippen molar-refractivity contribution in [1.29, 1.82) is 0 Å². The molecule has 2 aromatic carbocycles. The van der Waals surface area contributed by atoms with Gasteiger partial charge in [0.25, 0.3) is 11.8 Å². The van der Waals surface area contributed by atoms with E-state index in [0.29, 0.717) is 16.3 Å². The molecule has 0 unspecified atom stereocenters. The lowest BCUT2D eigenvalue weighted by molar-refractivity contribution is -0.119. The highest BCUT2D eigenvalue weighted by atomic mass is 35.5. The number of likely N-dealkylation sites (N-methyl/N-ethyl adjacent to an activating group) is 2. The average molecular weight is 498 g/mol. The summed E-state index contributed by atoms with van der Waals surface area (Å²) in [5.41, 5.74) is 0.989. The molecule has 35 heavy (non-hydrogen) atoms. The number of anilines is 3. The summed E-state index contributed by atoms with van der Waals surface area (Å²) in [5, 5.41) is 5.59. The maximum atomic E-state index is 13.9. The number of aromatic nitrogens is 1. The standard InChI is InChI=1S/C25H25ClFN5O3/c1-4-31(2)15-23(33)32(3)19-9-5-16(6-10-19)24(34)29-21-11-8-18(27)13-20(21)25(35)30-22-12-7-17(26)14-28-22/h5-14H,4,15H2,1-3H3,(H,29,34)(H,28,30,35). The predicted molar refractivity (Wildman–Crippen MR) is 135 cm³/mol. The van der Waals surface area contributed by atoms with Gasteiger partial charge in [-0.25, -0.2) is 9.37 Å². The molecule has 0 aliphatic heterocycles. The van der Waals surface area contributed by atoms with Gasteiger partial charge in [-0.15, -0.1) is 0 Å². The number of halogens is 2. The monoisotopic (exact) mass is 497 g/mol. The topological polar surface area (TPSA) is 94.6 Å². The number of nitrogens with one attached hydrogen (secondary N) is 2. The van der Waals surface area contributed by atoms with Crippen LogP contribution in [0.15, 0.2) is 60.8 Å². The van der Waals surface area contributed by atoms with E-state index < -0.39 is 17.6 Å². The number of nitrogens with zero attached hydrogens (tertiary/aromatic N) is 3. The molecule has 3 aromatic rings. The van der Waals surface area contributed by atoms with Gasteiger partial charge in [0.2, 0.25) is 5.91 Å². The van der Waals surface area contributed by atoms with E-state index in [2.05, 4.69) is 15.6 Å². The Balaban J connectivity index is 1.73. The van der Waals surface area contributed by atoms with Crippen molar-refractivity contribution in [1.82, 2.24) is 9.88 Å². The van der Waals surface area contributed by atoms with Gasteiger partial charge in [0.1, 0.15) is 11.6 Å². The van der Waals surface area contributed by atoms with E-state index in [4.69, 9.17) is 11.6 Å². The van der Waals surface area contributed by atoms with Crippen LogP contribution in [-0.4, -0.2) is 54.8 Å². The highest BCUT2D eigenvalue weighted by Crippen LogP contribution is 2.21. The zero-order valence-corrected chi connectivity index (χ0v) is 20.3. The molecule has 1 aromatic heterocycles. The van der Waals surface area contributed by atoms with Crippen molar-refractivity contribution in [3.05, 3.63) is 82.8 Å². The Bertz CT molecular complexity index is 1220. The number of hydrogen-bond donors (Lipinski definition) is 2. The number of carbonyl (C=O) groups excluding carboxylic acids is 3.